The summed E-state index contributed by atoms with van der Waals surface area (Å²) in [5.41, 5.74) is 0.299. The molecule has 0 aromatic rings. The summed E-state index contributed by atoms with van der Waals surface area (Å²) in [7, 11) is 0. The first-order chi connectivity index (χ1) is 13.2. The minimum atomic E-state index is -1.20. The van der Waals surface area contributed by atoms with E-state index in [1.165, 1.54) is 6.42 Å². The molecule has 0 unspecified atom stereocenters. The van der Waals surface area contributed by atoms with Gasteiger partial charge in [0.1, 0.15) is 11.9 Å². The minimum absolute atomic E-state index is 0.00594. The van der Waals surface area contributed by atoms with Crippen LogP contribution in [0.4, 0.5) is 0 Å². The average Bonchev–Trinajstić information content (AvgIpc) is 2.97. The number of carbonyl (C=O) groups excluding carboxylic acids is 3. The maximum absolute atomic E-state index is 12.1. The van der Waals surface area contributed by atoms with Gasteiger partial charge in [0.25, 0.3) is 0 Å². The van der Waals surface area contributed by atoms with E-state index >= 15 is 0 Å². The van der Waals surface area contributed by atoms with Gasteiger partial charge in [-0.15, -0.1) is 0 Å². The van der Waals surface area contributed by atoms with E-state index in [4.69, 9.17) is 4.74 Å². The van der Waals surface area contributed by atoms with Crippen LogP contribution < -0.4 is 5.11 Å². The van der Waals surface area contributed by atoms with Gasteiger partial charge in [0.15, 0.2) is 0 Å². The molecule has 0 aromatic carbocycles. The Kier molecular flexibility index (Phi) is 5.08. The molecule has 0 spiro atoms. The van der Waals surface area contributed by atoms with Crippen LogP contribution in [0.15, 0.2) is 0 Å². The molecule has 28 heavy (non-hydrogen) atoms. The number of esters is 1. The predicted molar refractivity (Wildman–Crippen MR) is 101 cm³/mol. The van der Waals surface area contributed by atoms with Gasteiger partial charge in [0.05, 0.1) is 6.42 Å². The normalized spacial score (nSPS) is 44.9. The lowest BCUT2D eigenvalue weighted by molar-refractivity contribution is -0.305. The number of carbonyl (C=O) groups is 3. The highest BCUT2D eigenvalue weighted by molar-refractivity contribution is 5.79. The SMILES string of the molecule is C[C@]12CCC(=O)C[C@@H]1CC[C@H]1[C@H]3CC[C@H](OC(=O)CCC(=O)[O-])[C@@]3(C)CC[C@@H]12. The first-order valence-corrected chi connectivity index (χ1v) is 11.1. The minimum Gasteiger partial charge on any atom is -0.550 e. The largest absolute Gasteiger partial charge is 0.550 e. The zero-order chi connectivity index (χ0) is 20.1. The van der Waals surface area contributed by atoms with Crippen molar-refractivity contribution in [3.63, 3.8) is 0 Å². The molecular formula is C23H33O5-. The van der Waals surface area contributed by atoms with Crippen molar-refractivity contribution in [2.45, 2.75) is 90.6 Å². The van der Waals surface area contributed by atoms with Crippen molar-refractivity contribution < 1.29 is 24.2 Å². The van der Waals surface area contributed by atoms with Crippen LogP contribution in [-0.4, -0.2) is 23.8 Å². The summed E-state index contributed by atoms with van der Waals surface area (Å²) in [5.74, 6) is 1.32. The van der Waals surface area contributed by atoms with Crippen molar-refractivity contribution in [2.75, 3.05) is 0 Å². The first-order valence-electron chi connectivity index (χ1n) is 11.1. The predicted octanol–water partition coefficient (Wildman–Crippen LogP) is 3.04. The molecular weight excluding hydrogens is 356 g/mol. The topological polar surface area (TPSA) is 83.5 Å². The van der Waals surface area contributed by atoms with Gasteiger partial charge in [-0.05, 0) is 80.5 Å². The highest BCUT2D eigenvalue weighted by Crippen LogP contribution is 2.66. The quantitative estimate of drug-likeness (QED) is 0.690. The van der Waals surface area contributed by atoms with Crippen LogP contribution in [0.1, 0.15) is 84.5 Å². The molecule has 156 valence electrons. The van der Waals surface area contributed by atoms with Crippen LogP contribution in [0.3, 0.4) is 0 Å². The van der Waals surface area contributed by atoms with Crippen molar-refractivity contribution >= 4 is 17.7 Å². The monoisotopic (exact) mass is 389 g/mol. The van der Waals surface area contributed by atoms with E-state index in [0.29, 0.717) is 34.9 Å². The molecule has 0 bridgehead atoms. The molecule has 4 rings (SSSR count). The fourth-order valence-electron chi connectivity index (χ4n) is 7.61. The van der Waals surface area contributed by atoms with Gasteiger partial charge in [-0.2, -0.15) is 0 Å². The Morgan fingerprint density at radius 2 is 1.75 bits per heavy atom. The van der Waals surface area contributed by atoms with E-state index in [-0.39, 0.29) is 24.4 Å². The second kappa shape index (κ2) is 7.14. The molecule has 5 heteroatoms. The fourth-order valence-corrected chi connectivity index (χ4v) is 7.61. The molecule has 0 heterocycles. The number of carboxylic acids is 1. The molecule has 5 nitrogen and oxygen atoms in total. The van der Waals surface area contributed by atoms with Crippen LogP contribution in [0, 0.1) is 34.5 Å². The summed E-state index contributed by atoms with van der Waals surface area (Å²) in [5, 5.41) is 10.6. The molecule has 0 aromatic heterocycles. The third kappa shape index (κ3) is 3.19. The van der Waals surface area contributed by atoms with E-state index < -0.39 is 11.9 Å². The van der Waals surface area contributed by atoms with Crippen molar-refractivity contribution in [3.8, 4) is 0 Å². The Labute approximate surface area is 167 Å². The molecule has 7 atom stereocenters. The summed E-state index contributed by atoms with van der Waals surface area (Å²) in [6.45, 7) is 4.73. The zero-order valence-corrected chi connectivity index (χ0v) is 17.2. The van der Waals surface area contributed by atoms with Crippen molar-refractivity contribution in [2.24, 2.45) is 34.5 Å². The smallest absolute Gasteiger partial charge is 0.306 e. The van der Waals surface area contributed by atoms with Gasteiger partial charge in [0.2, 0.25) is 0 Å². The van der Waals surface area contributed by atoms with Gasteiger partial charge in [0, 0.05) is 24.2 Å². The molecule has 0 aliphatic heterocycles. The lowest BCUT2D eigenvalue weighted by Gasteiger charge is -2.60. The Morgan fingerprint density at radius 3 is 2.50 bits per heavy atom. The van der Waals surface area contributed by atoms with E-state index in [0.717, 1.165) is 51.4 Å². The highest BCUT2D eigenvalue weighted by Gasteiger charge is 2.61. The molecule has 4 aliphatic rings. The van der Waals surface area contributed by atoms with Gasteiger partial charge in [-0.3, -0.25) is 9.59 Å². The van der Waals surface area contributed by atoms with Crippen molar-refractivity contribution in [1.82, 2.24) is 0 Å². The molecule has 4 aliphatic carbocycles. The van der Waals surface area contributed by atoms with E-state index in [1.54, 1.807) is 0 Å². The standard InChI is InChI=1S/C23H34O5/c1-22-11-9-15(24)13-14(22)3-4-16-17-5-6-19(23(17,2)12-10-18(16)22)28-21(27)8-7-20(25)26/h14,16-19H,3-13H2,1-2H3,(H,25,26)/p-1/t14-,16-,17+,18-,19-,22-,23-/m0/s1. The van der Waals surface area contributed by atoms with E-state index in [2.05, 4.69) is 13.8 Å². The van der Waals surface area contributed by atoms with Gasteiger partial charge in [-0.25, -0.2) is 0 Å². The summed E-state index contributed by atoms with van der Waals surface area (Å²) in [6, 6.07) is 0. The average molecular weight is 390 g/mol. The third-order valence-electron chi connectivity index (χ3n) is 9.20. The Balaban J connectivity index is 1.47. The molecule has 0 N–H and O–H groups in total. The third-order valence-corrected chi connectivity index (χ3v) is 9.20. The summed E-state index contributed by atoms with van der Waals surface area (Å²) >= 11 is 0. The molecule has 4 fully saturated rings. The Morgan fingerprint density at radius 1 is 1.00 bits per heavy atom. The molecule has 4 saturated carbocycles. The van der Waals surface area contributed by atoms with Crippen LogP contribution >= 0.6 is 0 Å². The lowest BCUT2D eigenvalue weighted by atomic mass is 9.45. The molecule has 0 amide bonds. The van der Waals surface area contributed by atoms with Crippen LogP contribution in [0.5, 0.6) is 0 Å². The molecule has 0 saturated heterocycles. The number of hydrogen-bond donors (Lipinski definition) is 0. The van der Waals surface area contributed by atoms with E-state index in [1.807, 2.05) is 0 Å². The number of Topliss-reactive ketones (excluding diaryl/α,β-unsaturated/α-hetero) is 1. The number of rotatable bonds is 4. The number of hydrogen-bond acceptors (Lipinski definition) is 5. The van der Waals surface area contributed by atoms with Gasteiger partial charge < -0.3 is 14.6 Å². The van der Waals surface area contributed by atoms with Crippen molar-refractivity contribution in [1.29, 1.82) is 0 Å². The van der Waals surface area contributed by atoms with Crippen LogP contribution in [-0.2, 0) is 19.1 Å². The Hall–Kier alpha value is -1.39. The summed E-state index contributed by atoms with van der Waals surface area (Å²) in [4.78, 5) is 34.7. The first kappa shape index (κ1) is 19.9. The van der Waals surface area contributed by atoms with Crippen molar-refractivity contribution in [3.05, 3.63) is 0 Å². The highest BCUT2D eigenvalue weighted by atomic mass is 16.5. The molecule has 0 radical (unpaired) electrons. The number of ketones is 1. The van der Waals surface area contributed by atoms with Crippen LogP contribution in [0.2, 0.25) is 0 Å². The van der Waals surface area contributed by atoms with Crippen LogP contribution in [0.25, 0.3) is 0 Å². The fraction of sp³-hybridized carbons (Fsp3) is 0.870. The summed E-state index contributed by atoms with van der Waals surface area (Å²) < 4.78 is 5.79. The maximum atomic E-state index is 12.1. The number of fused-ring (bicyclic) bond motifs is 5. The lowest BCUT2D eigenvalue weighted by Crippen LogP contribution is -2.54. The zero-order valence-electron chi connectivity index (χ0n) is 17.2. The number of carboxylic acid groups (broad SMARTS) is 1. The number of aliphatic carboxylic acids is 1. The second-order valence-corrected chi connectivity index (χ2v) is 10.4. The Bertz CT molecular complexity index is 672. The second-order valence-electron chi connectivity index (χ2n) is 10.4. The van der Waals surface area contributed by atoms with Gasteiger partial charge >= 0.3 is 5.97 Å². The maximum Gasteiger partial charge on any atom is 0.306 e. The van der Waals surface area contributed by atoms with E-state index in [9.17, 15) is 19.5 Å². The van der Waals surface area contributed by atoms with Gasteiger partial charge in [-0.1, -0.05) is 13.8 Å². The summed E-state index contributed by atoms with van der Waals surface area (Å²) in [6.07, 6.45) is 8.67. The number of ether oxygens (including phenoxy) is 1.